The van der Waals surface area contributed by atoms with Crippen LogP contribution in [0.25, 0.3) is 0 Å². The summed E-state index contributed by atoms with van der Waals surface area (Å²) in [5, 5.41) is 25.9. The summed E-state index contributed by atoms with van der Waals surface area (Å²) in [6.45, 7) is -1.06. The van der Waals surface area contributed by atoms with E-state index < -0.39 is 41.0 Å². The van der Waals surface area contributed by atoms with Crippen molar-refractivity contribution in [2.45, 2.75) is 24.5 Å². The number of carbonyl (C=O) groups is 3. The van der Waals surface area contributed by atoms with Crippen LogP contribution in [-0.2, 0) is 44.0 Å². The molecule has 0 saturated heterocycles. The average molecular weight is 439 g/mol. The number of aromatic nitrogens is 2. The van der Waals surface area contributed by atoms with E-state index in [9.17, 15) is 22.8 Å². The number of sulfonamides is 1. The third-order valence-electron chi connectivity index (χ3n) is 3.98. The van der Waals surface area contributed by atoms with E-state index in [4.69, 9.17) is 15.4 Å². The summed E-state index contributed by atoms with van der Waals surface area (Å²) in [5.41, 5.74) is 0.797. The first-order valence-electron chi connectivity index (χ1n) is 8.60. The van der Waals surface area contributed by atoms with Gasteiger partial charge >= 0.3 is 11.9 Å². The van der Waals surface area contributed by atoms with E-state index in [1.807, 2.05) is 0 Å². The highest BCUT2D eigenvalue weighted by Crippen LogP contribution is 2.09. The van der Waals surface area contributed by atoms with Crippen LogP contribution < -0.4 is 10.5 Å². The van der Waals surface area contributed by atoms with Crippen molar-refractivity contribution in [3.05, 3.63) is 48.0 Å². The summed E-state index contributed by atoms with van der Waals surface area (Å²) in [6.07, 6.45) is 2.99. The Labute approximate surface area is 172 Å². The van der Waals surface area contributed by atoms with Crippen molar-refractivity contribution >= 4 is 27.9 Å². The number of amides is 1. The van der Waals surface area contributed by atoms with Gasteiger partial charge in [-0.3, -0.25) is 14.4 Å². The van der Waals surface area contributed by atoms with Gasteiger partial charge in [0, 0.05) is 18.9 Å². The van der Waals surface area contributed by atoms with Gasteiger partial charge in [0.25, 0.3) is 0 Å². The molecule has 0 aliphatic rings. The van der Waals surface area contributed by atoms with Crippen molar-refractivity contribution in [3.8, 4) is 0 Å². The lowest BCUT2D eigenvalue weighted by Gasteiger charge is -2.19. The Morgan fingerprint density at radius 2 is 1.67 bits per heavy atom. The van der Waals surface area contributed by atoms with Gasteiger partial charge in [0.15, 0.2) is 0 Å². The van der Waals surface area contributed by atoms with Crippen LogP contribution in [0.15, 0.2) is 41.6 Å². The molecule has 1 heterocycles. The van der Waals surface area contributed by atoms with E-state index >= 15 is 0 Å². The zero-order valence-electron chi connectivity index (χ0n) is 15.8. The Balaban J connectivity index is 1.95. The summed E-state index contributed by atoms with van der Waals surface area (Å²) >= 11 is 0. The molecule has 0 saturated carbocycles. The molecule has 12 nitrogen and oxygen atoms in total. The van der Waals surface area contributed by atoms with Crippen LogP contribution in [0.4, 0.5) is 0 Å². The minimum Gasteiger partial charge on any atom is -0.480 e. The Kier molecular flexibility index (Phi) is 7.63. The van der Waals surface area contributed by atoms with E-state index in [2.05, 4.69) is 10.3 Å². The van der Waals surface area contributed by atoms with Crippen molar-refractivity contribution in [1.29, 1.82) is 0 Å². The molecular weight excluding hydrogens is 418 g/mol. The predicted octanol–water partition coefficient (Wildman–Crippen LogP) is -1.18. The molecule has 0 unspecified atom stereocenters. The molecule has 0 spiro atoms. The van der Waals surface area contributed by atoms with Crippen LogP contribution in [0.5, 0.6) is 0 Å². The number of hydrogen-bond donors (Lipinski definition) is 4. The first-order chi connectivity index (χ1) is 14.1. The van der Waals surface area contributed by atoms with Gasteiger partial charge in [-0.05, 0) is 17.7 Å². The summed E-state index contributed by atoms with van der Waals surface area (Å²) in [7, 11) is -3.76. The first kappa shape index (κ1) is 23.0. The lowest BCUT2D eigenvalue weighted by atomic mass is 10.2. The van der Waals surface area contributed by atoms with Crippen molar-refractivity contribution in [2.24, 2.45) is 5.14 Å². The van der Waals surface area contributed by atoms with Crippen molar-refractivity contribution in [1.82, 2.24) is 19.8 Å². The molecule has 1 amide bonds. The maximum absolute atomic E-state index is 12.3. The summed E-state index contributed by atoms with van der Waals surface area (Å²) < 4.78 is 24.0. The number of primary sulfonamides is 1. The average Bonchev–Trinajstić information content (AvgIpc) is 3.07. The predicted molar refractivity (Wildman–Crippen MR) is 102 cm³/mol. The van der Waals surface area contributed by atoms with E-state index in [-0.39, 0.29) is 18.0 Å². The fraction of sp³-hybridized carbons (Fsp3) is 0.294. The highest BCUT2D eigenvalue weighted by atomic mass is 32.2. The highest BCUT2D eigenvalue weighted by molar-refractivity contribution is 7.89. The van der Waals surface area contributed by atoms with Crippen molar-refractivity contribution in [2.75, 3.05) is 13.1 Å². The fourth-order valence-electron chi connectivity index (χ4n) is 2.57. The summed E-state index contributed by atoms with van der Waals surface area (Å²) in [6, 6.07) is 6.01. The van der Waals surface area contributed by atoms with E-state index in [1.54, 1.807) is 12.1 Å². The largest absolute Gasteiger partial charge is 0.480 e. The zero-order valence-corrected chi connectivity index (χ0v) is 16.6. The van der Waals surface area contributed by atoms with Crippen LogP contribution in [0.3, 0.4) is 0 Å². The second-order valence-electron chi connectivity index (χ2n) is 6.30. The number of nitrogens with one attached hydrogen (secondary N) is 1. The molecule has 1 aromatic heterocycles. The van der Waals surface area contributed by atoms with Crippen LogP contribution in [-0.4, -0.2) is 64.0 Å². The first-order valence-corrected chi connectivity index (χ1v) is 10.1. The molecular formula is C17H21N5O7S. The molecule has 13 heteroatoms. The number of imidazole rings is 1. The smallest absolute Gasteiger partial charge is 0.323 e. The van der Waals surface area contributed by atoms with Crippen molar-refractivity contribution in [3.63, 3.8) is 0 Å². The second-order valence-corrected chi connectivity index (χ2v) is 7.86. The second kappa shape index (κ2) is 9.96. The third-order valence-corrected chi connectivity index (χ3v) is 4.91. The number of hydrogen-bond acceptors (Lipinski definition) is 7. The third kappa shape index (κ3) is 6.95. The molecule has 0 radical (unpaired) electrons. The molecule has 0 aliphatic heterocycles. The maximum atomic E-state index is 12.3. The molecule has 1 aromatic carbocycles. The maximum Gasteiger partial charge on any atom is 0.323 e. The van der Waals surface area contributed by atoms with Gasteiger partial charge in [-0.15, -0.1) is 0 Å². The van der Waals surface area contributed by atoms with Gasteiger partial charge in [0.1, 0.15) is 25.5 Å². The molecule has 2 rings (SSSR count). The van der Waals surface area contributed by atoms with E-state index in [0.717, 1.165) is 10.5 Å². The molecule has 5 N–H and O–H groups in total. The fourth-order valence-corrected chi connectivity index (χ4v) is 3.09. The van der Waals surface area contributed by atoms with Gasteiger partial charge in [0.2, 0.25) is 15.9 Å². The van der Waals surface area contributed by atoms with Crippen LogP contribution in [0, 0.1) is 0 Å². The van der Waals surface area contributed by atoms with Crippen LogP contribution in [0.1, 0.15) is 11.4 Å². The highest BCUT2D eigenvalue weighted by Gasteiger charge is 2.20. The number of carboxylic acids is 2. The van der Waals surface area contributed by atoms with Gasteiger partial charge in [-0.1, -0.05) is 12.1 Å². The number of rotatable bonds is 11. The number of aliphatic carboxylic acids is 2. The van der Waals surface area contributed by atoms with Crippen molar-refractivity contribution < 1.29 is 33.0 Å². The Morgan fingerprint density at radius 3 is 2.20 bits per heavy atom. The number of benzene rings is 1. The molecule has 2 aromatic rings. The molecule has 162 valence electrons. The zero-order chi connectivity index (χ0) is 22.3. The number of carboxylic acid groups (broad SMARTS) is 2. The van der Waals surface area contributed by atoms with Gasteiger partial charge in [0.05, 0.1) is 11.4 Å². The van der Waals surface area contributed by atoms with Gasteiger partial charge in [-0.2, -0.15) is 0 Å². The normalized spacial score (nSPS) is 11.2. The lowest BCUT2D eigenvalue weighted by Crippen LogP contribution is -2.41. The monoisotopic (exact) mass is 439 g/mol. The Hall–Kier alpha value is -3.29. The summed E-state index contributed by atoms with van der Waals surface area (Å²) in [5.74, 6) is -2.82. The van der Waals surface area contributed by atoms with E-state index in [1.165, 1.54) is 29.1 Å². The molecule has 0 fully saturated rings. The van der Waals surface area contributed by atoms with E-state index in [0.29, 0.717) is 12.4 Å². The minimum atomic E-state index is -3.76. The Bertz CT molecular complexity index is 1000. The Morgan fingerprint density at radius 1 is 1.07 bits per heavy atom. The standard InChI is InChI=1S/C17H21N5O7S/c18-30(28,29)13-3-1-12(2-4-13)7-19-8-14-20-5-6-21(14)9-15(23)22(10-16(24)25)11-17(26)27/h1-6,19H,7-11H2,(H,24,25)(H,26,27)(H2,18,28,29). The van der Waals surface area contributed by atoms with Crippen LogP contribution >= 0.6 is 0 Å². The number of nitrogens with zero attached hydrogens (tertiary/aromatic N) is 3. The quantitative estimate of drug-likeness (QED) is 0.334. The topological polar surface area (TPSA) is 185 Å². The lowest BCUT2D eigenvalue weighted by molar-refractivity contribution is -0.149. The minimum absolute atomic E-state index is 0.00702. The SMILES string of the molecule is NS(=O)(=O)c1ccc(CNCc2nccn2CC(=O)N(CC(=O)O)CC(=O)O)cc1. The molecule has 0 atom stereocenters. The molecule has 0 aliphatic carbocycles. The molecule has 30 heavy (non-hydrogen) atoms. The van der Waals surface area contributed by atoms with Crippen LogP contribution in [0.2, 0.25) is 0 Å². The van der Waals surface area contributed by atoms with Gasteiger partial charge in [-0.25, -0.2) is 18.5 Å². The number of nitrogens with two attached hydrogens (primary N) is 1. The van der Waals surface area contributed by atoms with Gasteiger partial charge < -0.3 is 25.0 Å². The summed E-state index contributed by atoms with van der Waals surface area (Å²) in [4.78, 5) is 38.9. The molecule has 0 bridgehead atoms. The number of carbonyl (C=O) groups excluding carboxylic acids is 1.